The molecule has 1 aromatic rings. The van der Waals surface area contributed by atoms with Gasteiger partial charge in [-0.3, -0.25) is 19.7 Å². The van der Waals surface area contributed by atoms with Gasteiger partial charge in [-0.2, -0.15) is 0 Å². The summed E-state index contributed by atoms with van der Waals surface area (Å²) >= 11 is 0. The molecule has 2 N–H and O–H groups in total. The van der Waals surface area contributed by atoms with Crippen LogP contribution in [0.3, 0.4) is 0 Å². The van der Waals surface area contributed by atoms with Gasteiger partial charge in [-0.25, -0.2) is 0 Å². The minimum atomic E-state index is -1.02. The number of benzene rings is 1. The molecule has 0 aromatic heterocycles. The molecule has 8 heteroatoms. The maximum absolute atomic E-state index is 12.5. The van der Waals surface area contributed by atoms with Crippen molar-refractivity contribution >= 4 is 17.6 Å². The highest BCUT2D eigenvalue weighted by atomic mass is 16.6. The van der Waals surface area contributed by atoms with E-state index in [0.717, 1.165) is 0 Å². The largest absolute Gasteiger partial charge is 0.496 e. The predicted octanol–water partition coefficient (Wildman–Crippen LogP) is 2.68. The number of nitrogens with zero attached hydrogens (tertiary/aromatic N) is 1. The SMILES string of the molecule is CCC(CC)(CC(=O)O)NC(=O)c1cc(OC)c(C)c([N+](=O)[O-])c1. The van der Waals surface area contributed by atoms with Crippen LogP contribution in [0.4, 0.5) is 5.69 Å². The first-order valence-electron chi connectivity index (χ1n) is 7.57. The van der Waals surface area contributed by atoms with Crippen LogP contribution in [0.15, 0.2) is 12.1 Å². The average Bonchev–Trinajstić information content (AvgIpc) is 2.53. The molecule has 0 fully saturated rings. The summed E-state index contributed by atoms with van der Waals surface area (Å²) in [5.41, 5.74) is -0.755. The number of hydrogen-bond acceptors (Lipinski definition) is 5. The zero-order valence-corrected chi connectivity index (χ0v) is 14.2. The monoisotopic (exact) mass is 338 g/mol. The third-order valence-corrected chi connectivity index (χ3v) is 4.23. The number of nitro benzene ring substituents is 1. The van der Waals surface area contributed by atoms with Gasteiger partial charge in [0.15, 0.2) is 0 Å². The summed E-state index contributed by atoms with van der Waals surface area (Å²) in [6, 6.07) is 2.58. The van der Waals surface area contributed by atoms with Crippen LogP contribution in [-0.2, 0) is 4.79 Å². The van der Waals surface area contributed by atoms with E-state index in [1.165, 1.54) is 26.2 Å². The second-order valence-corrected chi connectivity index (χ2v) is 5.59. The fourth-order valence-corrected chi connectivity index (χ4v) is 2.53. The van der Waals surface area contributed by atoms with Crippen molar-refractivity contribution in [1.82, 2.24) is 5.32 Å². The van der Waals surface area contributed by atoms with Gasteiger partial charge in [0.2, 0.25) is 0 Å². The summed E-state index contributed by atoms with van der Waals surface area (Å²) in [4.78, 5) is 34.2. The molecule has 0 aliphatic heterocycles. The van der Waals surface area contributed by atoms with Crippen molar-refractivity contribution in [3.63, 3.8) is 0 Å². The molecule has 0 bridgehead atoms. The van der Waals surface area contributed by atoms with Gasteiger partial charge in [-0.1, -0.05) is 13.8 Å². The number of carboxylic acids is 1. The van der Waals surface area contributed by atoms with Crippen molar-refractivity contribution in [2.45, 2.75) is 45.6 Å². The minimum Gasteiger partial charge on any atom is -0.496 e. The maximum atomic E-state index is 12.5. The Hall–Kier alpha value is -2.64. The molecule has 8 nitrogen and oxygen atoms in total. The molecule has 1 rings (SSSR count). The van der Waals surface area contributed by atoms with E-state index in [9.17, 15) is 19.7 Å². The maximum Gasteiger partial charge on any atom is 0.305 e. The number of ether oxygens (including phenoxy) is 1. The highest BCUT2D eigenvalue weighted by Gasteiger charge is 2.32. The number of carbonyl (C=O) groups is 2. The van der Waals surface area contributed by atoms with Crippen LogP contribution in [0.2, 0.25) is 0 Å². The number of rotatable bonds is 8. The molecule has 0 radical (unpaired) electrons. The third-order valence-electron chi connectivity index (χ3n) is 4.23. The average molecular weight is 338 g/mol. The molecule has 1 aromatic carbocycles. The zero-order valence-electron chi connectivity index (χ0n) is 14.2. The van der Waals surface area contributed by atoms with Gasteiger partial charge < -0.3 is 15.2 Å². The quantitative estimate of drug-likeness (QED) is 0.555. The first kappa shape index (κ1) is 19.4. The summed E-state index contributed by atoms with van der Waals surface area (Å²) < 4.78 is 5.10. The molecular formula is C16H22N2O6. The summed E-state index contributed by atoms with van der Waals surface area (Å²) in [5, 5.41) is 22.9. The first-order valence-corrected chi connectivity index (χ1v) is 7.57. The minimum absolute atomic E-state index is 0.0563. The standard InChI is InChI=1S/C16H22N2O6/c1-5-16(6-2,9-14(19)20)17-15(21)11-7-12(18(22)23)10(3)13(8-11)24-4/h7-8H,5-6,9H2,1-4H3,(H,17,21)(H,19,20). The van der Waals surface area contributed by atoms with E-state index in [4.69, 9.17) is 9.84 Å². The fourth-order valence-electron chi connectivity index (χ4n) is 2.53. The van der Waals surface area contributed by atoms with Crippen molar-refractivity contribution in [3.05, 3.63) is 33.4 Å². The molecule has 0 unspecified atom stereocenters. The van der Waals surface area contributed by atoms with Crippen LogP contribution in [0.5, 0.6) is 5.75 Å². The Morgan fingerprint density at radius 3 is 2.33 bits per heavy atom. The Balaban J connectivity index is 3.25. The molecule has 0 aliphatic carbocycles. The van der Waals surface area contributed by atoms with Crippen molar-refractivity contribution in [3.8, 4) is 5.75 Å². The van der Waals surface area contributed by atoms with Gasteiger partial charge in [0.05, 0.1) is 29.6 Å². The fraction of sp³-hybridized carbons (Fsp3) is 0.500. The summed E-state index contributed by atoms with van der Waals surface area (Å²) in [5.74, 6) is -1.36. The van der Waals surface area contributed by atoms with Crippen LogP contribution in [0.25, 0.3) is 0 Å². The van der Waals surface area contributed by atoms with Crippen molar-refractivity contribution in [2.24, 2.45) is 0 Å². The molecule has 1 amide bonds. The Kier molecular flexibility index (Phi) is 6.27. The third kappa shape index (κ3) is 4.21. The number of methoxy groups -OCH3 is 1. The number of hydrogen-bond donors (Lipinski definition) is 2. The Morgan fingerprint density at radius 2 is 1.92 bits per heavy atom. The highest BCUT2D eigenvalue weighted by molar-refractivity contribution is 5.96. The smallest absolute Gasteiger partial charge is 0.305 e. The first-order chi connectivity index (χ1) is 11.2. The van der Waals surface area contributed by atoms with Gasteiger partial charge in [0.25, 0.3) is 11.6 Å². The van der Waals surface area contributed by atoms with Crippen molar-refractivity contribution in [1.29, 1.82) is 0 Å². The summed E-state index contributed by atoms with van der Waals surface area (Å²) in [6.07, 6.45) is 0.621. The molecule has 0 atom stereocenters. The number of amides is 1. The van der Waals surface area contributed by atoms with E-state index in [1.807, 2.05) is 0 Å². The van der Waals surface area contributed by atoms with Crippen molar-refractivity contribution in [2.75, 3.05) is 7.11 Å². The van der Waals surface area contributed by atoms with E-state index in [0.29, 0.717) is 18.4 Å². The van der Waals surface area contributed by atoms with Crippen LogP contribution in [0.1, 0.15) is 49.0 Å². The van der Waals surface area contributed by atoms with E-state index >= 15 is 0 Å². The van der Waals surface area contributed by atoms with E-state index in [1.54, 1.807) is 13.8 Å². The molecule has 0 aliphatic rings. The molecule has 0 spiro atoms. The van der Waals surface area contributed by atoms with Gasteiger partial charge in [0.1, 0.15) is 5.75 Å². The van der Waals surface area contributed by atoms with Crippen LogP contribution in [-0.4, -0.2) is 34.6 Å². The van der Waals surface area contributed by atoms with E-state index in [2.05, 4.69) is 5.32 Å². The summed E-state index contributed by atoms with van der Waals surface area (Å²) in [7, 11) is 1.36. The second-order valence-electron chi connectivity index (χ2n) is 5.59. The molecular weight excluding hydrogens is 316 g/mol. The summed E-state index contributed by atoms with van der Waals surface area (Å²) in [6.45, 7) is 5.10. The topological polar surface area (TPSA) is 119 Å². The lowest BCUT2D eigenvalue weighted by Crippen LogP contribution is -2.49. The lowest BCUT2D eigenvalue weighted by atomic mass is 9.88. The number of carbonyl (C=O) groups excluding carboxylic acids is 1. The molecule has 0 saturated carbocycles. The normalized spacial score (nSPS) is 11.0. The Labute approximate surface area is 140 Å². The highest BCUT2D eigenvalue weighted by Crippen LogP contribution is 2.30. The van der Waals surface area contributed by atoms with Gasteiger partial charge in [0, 0.05) is 11.6 Å². The number of aliphatic carboxylic acids is 1. The zero-order chi connectivity index (χ0) is 18.5. The second kappa shape index (κ2) is 7.76. The Bertz CT molecular complexity index is 652. The number of nitro groups is 1. The molecule has 132 valence electrons. The molecule has 24 heavy (non-hydrogen) atoms. The van der Waals surface area contributed by atoms with Crippen LogP contribution in [0, 0.1) is 17.0 Å². The van der Waals surface area contributed by atoms with Gasteiger partial charge >= 0.3 is 5.97 Å². The lowest BCUT2D eigenvalue weighted by Gasteiger charge is -2.31. The number of carboxylic acid groups (broad SMARTS) is 1. The Morgan fingerprint density at radius 1 is 1.33 bits per heavy atom. The van der Waals surface area contributed by atoms with Crippen molar-refractivity contribution < 1.29 is 24.4 Å². The van der Waals surface area contributed by atoms with Gasteiger partial charge in [-0.05, 0) is 25.8 Å². The van der Waals surface area contributed by atoms with Crippen LogP contribution >= 0.6 is 0 Å². The number of nitrogens with one attached hydrogen (secondary N) is 1. The van der Waals surface area contributed by atoms with Gasteiger partial charge in [-0.15, -0.1) is 0 Å². The molecule has 0 heterocycles. The van der Waals surface area contributed by atoms with E-state index < -0.39 is 22.3 Å². The molecule has 0 saturated heterocycles. The van der Waals surface area contributed by atoms with E-state index in [-0.39, 0.29) is 23.4 Å². The predicted molar refractivity (Wildman–Crippen MR) is 87.4 cm³/mol. The lowest BCUT2D eigenvalue weighted by molar-refractivity contribution is -0.385. The van der Waals surface area contributed by atoms with Crippen LogP contribution < -0.4 is 10.1 Å².